The average Bonchev–Trinajstić information content (AvgIpc) is 3.72. The molecule has 0 spiro atoms. The minimum atomic E-state index is -0.648. The Balaban J connectivity index is 0.996. The Kier molecular flexibility index (Phi) is 13.9. The van der Waals surface area contributed by atoms with Crippen LogP contribution < -0.4 is 5.73 Å². The van der Waals surface area contributed by atoms with Gasteiger partial charge in [0.1, 0.15) is 29.9 Å². The lowest BCUT2D eigenvalue weighted by atomic mass is 10.0. The molecule has 0 amide bonds. The standard InChI is InChI=1S/C31H52N8O3/c1-2-3-4-5-6-7-8-9-10-11-12-13-14-15-16-17-18-41-22-25-20-38(37-36-25)21-27-26(40)19-28(42-27)39-24-35-29-30(32)33-23-34-31(29)39/h20,23-24,26-28,40H,2-19,21-22H2,1H3,(H2,32,33,34)/t26?,27-,28-/m1/s1. The fraction of sp³-hybridized carbons (Fsp3) is 0.774. The van der Waals surface area contributed by atoms with E-state index in [0.717, 1.165) is 18.7 Å². The van der Waals surface area contributed by atoms with Crippen molar-refractivity contribution in [3.63, 3.8) is 0 Å². The van der Waals surface area contributed by atoms with Crippen LogP contribution in [0.3, 0.4) is 0 Å². The maximum absolute atomic E-state index is 10.6. The summed E-state index contributed by atoms with van der Waals surface area (Å²) in [6, 6.07) is 0. The van der Waals surface area contributed by atoms with Gasteiger partial charge in [-0.15, -0.1) is 5.10 Å². The zero-order valence-corrected chi connectivity index (χ0v) is 25.6. The number of aliphatic hydroxyl groups is 1. The highest BCUT2D eigenvalue weighted by molar-refractivity contribution is 5.81. The molecule has 234 valence electrons. The first-order chi connectivity index (χ1) is 20.7. The van der Waals surface area contributed by atoms with E-state index in [0.29, 0.717) is 36.6 Å². The van der Waals surface area contributed by atoms with E-state index in [1.807, 2.05) is 6.20 Å². The van der Waals surface area contributed by atoms with Gasteiger partial charge in [-0.05, 0) is 6.42 Å². The number of aliphatic hydroxyl groups excluding tert-OH is 1. The van der Waals surface area contributed by atoms with E-state index in [1.54, 1.807) is 15.6 Å². The normalized spacial score (nSPS) is 18.9. The molecule has 4 rings (SSSR count). The second-order valence-electron chi connectivity index (χ2n) is 11.8. The molecular formula is C31H52N8O3. The average molecular weight is 585 g/mol. The monoisotopic (exact) mass is 584 g/mol. The number of rotatable bonds is 22. The van der Waals surface area contributed by atoms with E-state index >= 15 is 0 Å². The Morgan fingerprint density at radius 2 is 1.55 bits per heavy atom. The molecule has 42 heavy (non-hydrogen) atoms. The van der Waals surface area contributed by atoms with E-state index < -0.39 is 18.4 Å². The van der Waals surface area contributed by atoms with Crippen LogP contribution in [0.4, 0.5) is 5.82 Å². The minimum absolute atomic E-state index is 0.320. The van der Waals surface area contributed by atoms with Crippen LogP contribution in [0.1, 0.15) is 128 Å². The molecule has 4 heterocycles. The first-order valence-corrected chi connectivity index (χ1v) is 16.4. The summed E-state index contributed by atoms with van der Waals surface area (Å²) in [6.45, 7) is 3.86. The molecule has 11 heteroatoms. The maximum Gasteiger partial charge on any atom is 0.167 e. The van der Waals surface area contributed by atoms with Crippen LogP contribution in [0, 0.1) is 0 Å². The quantitative estimate of drug-likeness (QED) is 0.134. The van der Waals surface area contributed by atoms with Crippen molar-refractivity contribution in [1.29, 1.82) is 0 Å². The Morgan fingerprint density at radius 3 is 2.21 bits per heavy atom. The van der Waals surface area contributed by atoms with Gasteiger partial charge in [-0.2, -0.15) is 0 Å². The predicted molar refractivity (Wildman–Crippen MR) is 163 cm³/mol. The van der Waals surface area contributed by atoms with E-state index in [-0.39, 0.29) is 0 Å². The van der Waals surface area contributed by atoms with Crippen LogP contribution in [0.2, 0.25) is 0 Å². The second-order valence-corrected chi connectivity index (χ2v) is 11.8. The van der Waals surface area contributed by atoms with Crippen molar-refractivity contribution >= 4 is 17.0 Å². The topological polar surface area (TPSA) is 139 Å². The zero-order valence-electron chi connectivity index (χ0n) is 25.6. The molecule has 1 unspecified atom stereocenters. The van der Waals surface area contributed by atoms with Gasteiger partial charge in [-0.1, -0.05) is 108 Å². The predicted octanol–water partition coefficient (Wildman–Crippen LogP) is 6.13. The molecule has 0 aromatic carbocycles. The lowest BCUT2D eigenvalue weighted by Gasteiger charge is -2.15. The summed E-state index contributed by atoms with van der Waals surface area (Å²) < 4.78 is 15.5. The Morgan fingerprint density at radius 1 is 0.905 bits per heavy atom. The summed E-state index contributed by atoms with van der Waals surface area (Å²) >= 11 is 0. The van der Waals surface area contributed by atoms with Gasteiger partial charge in [-0.25, -0.2) is 19.6 Å². The van der Waals surface area contributed by atoms with Crippen molar-refractivity contribution in [2.75, 3.05) is 12.3 Å². The van der Waals surface area contributed by atoms with Crippen molar-refractivity contribution in [2.45, 2.75) is 148 Å². The van der Waals surface area contributed by atoms with Crippen LogP contribution in [0.25, 0.3) is 11.2 Å². The van der Waals surface area contributed by atoms with Gasteiger partial charge in [0.05, 0.1) is 31.8 Å². The number of hydrogen-bond donors (Lipinski definition) is 2. The van der Waals surface area contributed by atoms with Crippen LogP contribution in [0.15, 0.2) is 18.9 Å². The number of fused-ring (bicyclic) bond motifs is 1. The van der Waals surface area contributed by atoms with Gasteiger partial charge < -0.3 is 20.3 Å². The molecule has 1 aliphatic rings. The van der Waals surface area contributed by atoms with Crippen LogP contribution >= 0.6 is 0 Å². The highest BCUT2D eigenvalue weighted by Crippen LogP contribution is 2.32. The van der Waals surface area contributed by atoms with Crippen LogP contribution in [-0.2, 0) is 22.6 Å². The number of hydrogen-bond acceptors (Lipinski definition) is 9. The third kappa shape index (κ3) is 10.3. The number of nitrogens with two attached hydrogens (primary N) is 1. The largest absolute Gasteiger partial charge is 0.390 e. The third-order valence-electron chi connectivity index (χ3n) is 8.25. The molecule has 11 nitrogen and oxygen atoms in total. The summed E-state index contributed by atoms with van der Waals surface area (Å²) in [5, 5.41) is 19.0. The van der Waals surface area contributed by atoms with Gasteiger partial charge in [0, 0.05) is 13.0 Å². The Labute approximate surface area is 250 Å². The second kappa shape index (κ2) is 18.1. The molecule has 1 aliphatic heterocycles. The molecule has 1 saturated heterocycles. The van der Waals surface area contributed by atoms with E-state index in [4.69, 9.17) is 15.2 Å². The molecule has 0 saturated carbocycles. The Hall–Kier alpha value is -2.63. The van der Waals surface area contributed by atoms with Gasteiger partial charge in [0.2, 0.25) is 0 Å². The SMILES string of the molecule is CCCCCCCCCCCCCCCCCCOCc1cn(C[C@H]2O[C@@H](n3cnc4c(N)ncnc43)CC2O)nn1. The van der Waals surface area contributed by atoms with E-state index in [9.17, 15) is 5.11 Å². The highest BCUT2D eigenvalue weighted by Gasteiger charge is 2.36. The van der Waals surface area contributed by atoms with Crippen molar-refractivity contribution in [3.05, 3.63) is 24.5 Å². The van der Waals surface area contributed by atoms with E-state index in [2.05, 4.69) is 32.2 Å². The molecule has 3 aromatic heterocycles. The molecule has 3 atom stereocenters. The number of imidazole rings is 1. The van der Waals surface area contributed by atoms with Gasteiger partial charge in [0.25, 0.3) is 0 Å². The summed E-state index contributed by atoms with van der Waals surface area (Å²) in [7, 11) is 0. The summed E-state index contributed by atoms with van der Waals surface area (Å²) in [5.74, 6) is 0.320. The first kappa shape index (κ1) is 32.3. The van der Waals surface area contributed by atoms with E-state index in [1.165, 1.54) is 103 Å². The fourth-order valence-corrected chi connectivity index (χ4v) is 5.74. The minimum Gasteiger partial charge on any atom is -0.390 e. The molecule has 0 radical (unpaired) electrons. The number of ether oxygens (including phenoxy) is 2. The van der Waals surface area contributed by atoms with Crippen molar-refractivity contribution in [1.82, 2.24) is 34.5 Å². The lowest BCUT2D eigenvalue weighted by molar-refractivity contribution is -0.0269. The molecule has 1 fully saturated rings. The number of anilines is 1. The van der Waals surface area contributed by atoms with Crippen molar-refractivity contribution < 1.29 is 14.6 Å². The van der Waals surface area contributed by atoms with Crippen molar-refractivity contribution in [3.8, 4) is 0 Å². The van der Waals surface area contributed by atoms with Crippen LogP contribution in [-0.4, -0.2) is 58.4 Å². The summed E-state index contributed by atoms with van der Waals surface area (Å²) in [6.07, 6.45) is 25.7. The molecule has 0 aliphatic carbocycles. The Bertz CT molecular complexity index is 1150. The van der Waals surface area contributed by atoms with Gasteiger partial charge >= 0.3 is 0 Å². The van der Waals surface area contributed by atoms with Gasteiger partial charge in [0.15, 0.2) is 11.5 Å². The summed E-state index contributed by atoms with van der Waals surface area (Å²) in [4.78, 5) is 12.5. The highest BCUT2D eigenvalue weighted by atomic mass is 16.5. The number of unbranched alkanes of at least 4 members (excludes halogenated alkanes) is 15. The maximum atomic E-state index is 10.6. The molecular weight excluding hydrogens is 532 g/mol. The smallest absolute Gasteiger partial charge is 0.167 e. The molecule has 3 N–H and O–H groups in total. The van der Waals surface area contributed by atoms with Crippen LogP contribution in [0.5, 0.6) is 0 Å². The summed E-state index contributed by atoms with van der Waals surface area (Å²) in [5.41, 5.74) is 7.79. The third-order valence-corrected chi connectivity index (χ3v) is 8.25. The molecule has 3 aromatic rings. The number of nitrogens with zero attached hydrogens (tertiary/aromatic N) is 7. The lowest BCUT2D eigenvalue weighted by Crippen LogP contribution is -2.26. The molecule has 0 bridgehead atoms. The number of nitrogen functional groups attached to an aromatic ring is 1. The zero-order chi connectivity index (χ0) is 29.4. The fourth-order valence-electron chi connectivity index (χ4n) is 5.74. The van der Waals surface area contributed by atoms with Gasteiger partial charge in [-0.3, -0.25) is 4.57 Å². The number of aromatic nitrogens is 7. The van der Waals surface area contributed by atoms with Crippen molar-refractivity contribution in [2.24, 2.45) is 0 Å². The first-order valence-electron chi connectivity index (χ1n) is 16.4.